The van der Waals surface area contributed by atoms with Crippen LogP contribution in [0.4, 0.5) is 4.79 Å². The molecule has 2 heterocycles. The first-order valence-corrected chi connectivity index (χ1v) is 8.70. The van der Waals surface area contributed by atoms with E-state index in [1.165, 1.54) is 12.8 Å². The Morgan fingerprint density at radius 1 is 1.39 bits per heavy atom. The van der Waals surface area contributed by atoms with E-state index in [-0.39, 0.29) is 24.7 Å². The van der Waals surface area contributed by atoms with Crippen LogP contribution in [0.5, 0.6) is 0 Å². The highest BCUT2D eigenvalue weighted by atomic mass is 16.3. The van der Waals surface area contributed by atoms with E-state index in [0.29, 0.717) is 18.9 Å². The van der Waals surface area contributed by atoms with E-state index in [1.54, 1.807) is 6.26 Å². The largest absolute Gasteiger partial charge is 0.468 e. The molecule has 0 spiro atoms. The first-order valence-electron chi connectivity index (χ1n) is 8.70. The van der Waals surface area contributed by atoms with Gasteiger partial charge in [-0.05, 0) is 63.2 Å². The number of aliphatic hydroxyl groups is 1. The molecule has 1 aliphatic heterocycles. The Labute approximate surface area is 137 Å². The molecule has 1 saturated carbocycles. The molecule has 3 rings (SSSR count). The third-order valence-electron chi connectivity index (χ3n) is 4.86. The number of nitrogens with zero attached hydrogens (tertiary/aromatic N) is 1. The van der Waals surface area contributed by atoms with Gasteiger partial charge in [0.1, 0.15) is 5.76 Å². The number of carbonyl (C=O) groups excluding carboxylic acids is 1. The van der Waals surface area contributed by atoms with Crippen LogP contribution in [-0.4, -0.2) is 48.3 Å². The molecule has 1 aliphatic carbocycles. The monoisotopic (exact) mass is 321 g/mol. The van der Waals surface area contributed by atoms with Crippen LogP contribution in [0.3, 0.4) is 0 Å². The van der Waals surface area contributed by atoms with Gasteiger partial charge in [0.15, 0.2) is 0 Å². The van der Waals surface area contributed by atoms with E-state index in [9.17, 15) is 4.79 Å². The van der Waals surface area contributed by atoms with E-state index < -0.39 is 0 Å². The van der Waals surface area contributed by atoms with E-state index in [1.807, 2.05) is 12.1 Å². The zero-order chi connectivity index (χ0) is 16.1. The minimum absolute atomic E-state index is 0.0915. The highest BCUT2D eigenvalue weighted by molar-refractivity contribution is 5.74. The van der Waals surface area contributed by atoms with E-state index in [2.05, 4.69) is 15.5 Å². The lowest BCUT2D eigenvalue weighted by atomic mass is 10.1. The summed E-state index contributed by atoms with van der Waals surface area (Å²) in [5.74, 6) is 1.44. The average molecular weight is 321 g/mol. The van der Waals surface area contributed by atoms with Crippen LogP contribution in [-0.2, 0) is 0 Å². The van der Waals surface area contributed by atoms with Crippen molar-refractivity contribution < 1.29 is 14.3 Å². The second-order valence-corrected chi connectivity index (χ2v) is 6.58. The van der Waals surface area contributed by atoms with E-state index >= 15 is 0 Å². The predicted octanol–water partition coefficient (Wildman–Crippen LogP) is 1.88. The molecule has 6 heteroatoms. The van der Waals surface area contributed by atoms with Gasteiger partial charge < -0.3 is 20.2 Å². The smallest absolute Gasteiger partial charge is 0.315 e. The first kappa shape index (κ1) is 16.3. The van der Waals surface area contributed by atoms with Crippen LogP contribution in [0.1, 0.15) is 43.9 Å². The van der Waals surface area contributed by atoms with Crippen LogP contribution in [0.25, 0.3) is 0 Å². The molecule has 3 N–H and O–H groups in total. The molecule has 0 aromatic carbocycles. The van der Waals surface area contributed by atoms with Crippen LogP contribution < -0.4 is 10.6 Å². The van der Waals surface area contributed by atoms with Crippen molar-refractivity contribution in [1.29, 1.82) is 0 Å². The highest BCUT2D eigenvalue weighted by Gasteiger charge is 2.32. The van der Waals surface area contributed by atoms with Gasteiger partial charge in [0.2, 0.25) is 0 Å². The molecule has 1 aromatic rings. The summed E-state index contributed by atoms with van der Waals surface area (Å²) in [5, 5.41) is 15.1. The summed E-state index contributed by atoms with van der Waals surface area (Å²) in [5.41, 5.74) is 0. The fourth-order valence-corrected chi connectivity index (χ4v) is 3.42. The Bertz CT molecular complexity index is 481. The molecule has 23 heavy (non-hydrogen) atoms. The van der Waals surface area contributed by atoms with Crippen molar-refractivity contribution >= 4 is 6.03 Å². The van der Waals surface area contributed by atoms with Gasteiger partial charge in [-0.25, -0.2) is 4.79 Å². The molecule has 6 nitrogen and oxygen atoms in total. The normalized spacial score (nSPS) is 21.1. The number of urea groups is 1. The Hall–Kier alpha value is -1.53. The number of hydrogen-bond donors (Lipinski definition) is 3. The number of carbonyl (C=O) groups is 1. The maximum absolute atomic E-state index is 12.2. The Kier molecular flexibility index (Phi) is 5.56. The Morgan fingerprint density at radius 2 is 2.17 bits per heavy atom. The van der Waals surface area contributed by atoms with Crippen molar-refractivity contribution in [2.24, 2.45) is 5.92 Å². The summed E-state index contributed by atoms with van der Waals surface area (Å²) >= 11 is 0. The molecule has 1 saturated heterocycles. The summed E-state index contributed by atoms with van der Waals surface area (Å²) in [6.07, 6.45) is 7.00. The molecular weight excluding hydrogens is 294 g/mol. The van der Waals surface area contributed by atoms with Gasteiger partial charge in [-0.15, -0.1) is 0 Å². The number of hydrogen-bond acceptors (Lipinski definition) is 4. The third-order valence-corrected chi connectivity index (χ3v) is 4.86. The fraction of sp³-hybridized carbons (Fsp3) is 0.706. The highest BCUT2D eigenvalue weighted by Crippen LogP contribution is 2.33. The van der Waals surface area contributed by atoms with Gasteiger partial charge in [0.25, 0.3) is 0 Å². The van der Waals surface area contributed by atoms with Gasteiger partial charge in [-0.3, -0.25) is 4.90 Å². The standard InChI is InChI=1S/C17H27N3O3/c21-10-7-14(13-5-6-13)19-17(22)18-12-15(16-4-3-11-23-16)20-8-1-2-9-20/h3-4,11,13-15,21H,1-2,5-10,12H2,(H2,18,19,22)/t14-,15-/m0/s1. The van der Waals surface area contributed by atoms with Crippen LogP contribution >= 0.6 is 0 Å². The van der Waals surface area contributed by atoms with Crippen molar-refractivity contribution in [3.63, 3.8) is 0 Å². The third kappa shape index (κ3) is 4.48. The SMILES string of the molecule is O=C(NC[C@@H](c1ccco1)N1CCCC1)N[C@@H](CCO)C1CC1. The van der Waals surface area contributed by atoms with Gasteiger partial charge >= 0.3 is 6.03 Å². The summed E-state index contributed by atoms with van der Waals surface area (Å²) in [4.78, 5) is 14.6. The zero-order valence-corrected chi connectivity index (χ0v) is 13.5. The van der Waals surface area contributed by atoms with Gasteiger partial charge in [-0.1, -0.05) is 0 Å². The van der Waals surface area contributed by atoms with Gasteiger partial charge in [0.05, 0.1) is 12.3 Å². The second-order valence-electron chi connectivity index (χ2n) is 6.58. The van der Waals surface area contributed by atoms with E-state index in [0.717, 1.165) is 31.7 Å². The summed E-state index contributed by atoms with van der Waals surface area (Å²) in [7, 11) is 0. The lowest BCUT2D eigenvalue weighted by Crippen LogP contribution is -2.46. The molecule has 2 aliphatic rings. The van der Waals surface area contributed by atoms with Crippen LogP contribution in [0, 0.1) is 5.92 Å². The predicted molar refractivity (Wildman–Crippen MR) is 87.0 cm³/mol. The number of amides is 2. The first-order chi connectivity index (χ1) is 11.3. The number of likely N-dealkylation sites (tertiary alicyclic amines) is 1. The van der Waals surface area contributed by atoms with Crippen molar-refractivity contribution in [2.45, 2.75) is 44.2 Å². The average Bonchev–Trinajstić information content (AvgIpc) is 3.02. The number of furan rings is 1. The Balaban J connectivity index is 1.52. The molecule has 0 bridgehead atoms. The van der Waals surface area contributed by atoms with Crippen molar-refractivity contribution in [1.82, 2.24) is 15.5 Å². The minimum atomic E-state index is -0.147. The maximum Gasteiger partial charge on any atom is 0.315 e. The Morgan fingerprint density at radius 3 is 2.78 bits per heavy atom. The number of nitrogens with one attached hydrogen (secondary N) is 2. The zero-order valence-electron chi connectivity index (χ0n) is 13.5. The molecule has 2 atom stereocenters. The fourth-order valence-electron chi connectivity index (χ4n) is 3.42. The van der Waals surface area contributed by atoms with Gasteiger partial charge in [-0.2, -0.15) is 0 Å². The summed E-state index contributed by atoms with van der Waals surface area (Å²) in [6, 6.07) is 3.90. The lowest BCUT2D eigenvalue weighted by Gasteiger charge is -2.26. The molecular formula is C17H27N3O3. The molecule has 2 fully saturated rings. The number of rotatable bonds is 8. The summed E-state index contributed by atoms with van der Waals surface area (Å²) < 4.78 is 5.56. The van der Waals surface area contributed by atoms with Crippen molar-refractivity contribution in [3.8, 4) is 0 Å². The molecule has 1 aromatic heterocycles. The quantitative estimate of drug-likeness (QED) is 0.683. The van der Waals surface area contributed by atoms with Crippen LogP contribution in [0.15, 0.2) is 22.8 Å². The van der Waals surface area contributed by atoms with Crippen LogP contribution in [0.2, 0.25) is 0 Å². The molecule has 0 unspecified atom stereocenters. The minimum Gasteiger partial charge on any atom is -0.468 e. The van der Waals surface area contributed by atoms with E-state index in [4.69, 9.17) is 9.52 Å². The topological polar surface area (TPSA) is 77.7 Å². The lowest BCUT2D eigenvalue weighted by molar-refractivity contribution is 0.199. The van der Waals surface area contributed by atoms with Crippen molar-refractivity contribution in [3.05, 3.63) is 24.2 Å². The summed E-state index contributed by atoms with van der Waals surface area (Å²) in [6.45, 7) is 2.74. The van der Waals surface area contributed by atoms with Crippen molar-refractivity contribution in [2.75, 3.05) is 26.2 Å². The molecule has 2 amide bonds. The molecule has 0 radical (unpaired) electrons. The second kappa shape index (κ2) is 7.84. The maximum atomic E-state index is 12.2. The molecule has 128 valence electrons. The van der Waals surface area contributed by atoms with Gasteiger partial charge in [0, 0.05) is 19.2 Å². The number of aliphatic hydroxyl groups excluding tert-OH is 1.